The summed E-state index contributed by atoms with van der Waals surface area (Å²) in [4.78, 5) is 12.1. The molecule has 0 aromatic heterocycles. The third-order valence-corrected chi connectivity index (χ3v) is 3.72. The van der Waals surface area contributed by atoms with E-state index in [1.807, 2.05) is 0 Å². The summed E-state index contributed by atoms with van der Waals surface area (Å²) < 4.78 is 29.1. The Morgan fingerprint density at radius 2 is 2.05 bits per heavy atom. The lowest BCUT2D eigenvalue weighted by Crippen LogP contribution is -2.34. The van der Waals surface area contributed by atoms with Gasteiger partial charge in [0.2, 0.25) is 10.0 Å². The molecule has 0 aliphatic carbocycles. The number of hydrogen-bond donors (Lipinski definition) is 1. The number of hydrogen-bond acceptors (Lipinski definition) is 4. The molecule has 7 heteroatoms. The van der Waals surface area contributed by atoms with Gasteiger partial charge in [-0.3, -0.25) is 4.79 Å². The van der Waals surface area contributed by atoms with Crippen molar-refractivity contribution >= 4 is 27.6 Å². The smallest absolute Gasteiger partial charge is 0.316 e. The third kappa shape index (κ3) is 5.11. The first kappa shape index (κ1) is 16.9. The van der Waals surface area contributed by atoms with Crippen molar-refractivity contribution in [3.8, 4) is 0 Å². The number of carbonyl (C=O) groups excluding carboxylic acids is 1. The zero-order chi connectivity index (χ0) is 15.4. The fourth-order valence-corrected chi connectivity index (χ4v) is 2.19. The van der Waals surface area contributed by atoms with Crippen molar-refractivity contribution in [1.82, 2.24) is 4.72 Å². The summed E-state index contributed by atoms with van der Waals surface area (Å²) in [6.07, 6.45) is 1.05. The highest BCUT2D eigenvalue weighted by Gasteiger charge is 2.31. The van der Waals surface area contributed by atoms with E-state index in [4.69, 9.17) is 16.3 Å². The van der Waals surface area contributed by atoms with E-state index in [1.54, 1.807) is 38.1 Å². The summed E-state index contributed by atoms with van der Waals surface area (Å²) in [5.74, 6) is -0.435. The highest BCUT2D eigenvalue weighted by Crippen LogP contribution is 2.26. The summed E-state index contributed by atoms with van der Waals surface area (Å²) in [6, 6.07) is 6.99. The standard InChI is InChI=1S/C13H18ClNO4S/c1-13(2,10-5-4-6-11(14)9-10)12(16)19-8-7-15-20(3,17)18/h4-6,9,15H,7-8H2,1-3H3. The monoisotopic (exact) mass is 319 g/mol. The van der Waals surface area contributed by atoms with Crippen LogP contribution in [0.1, 0.15) is 19.4 Å². The van der Waals surface area contributed by atoms with E-state index in [0.29, 0.717) is 5.02 Å². The first-order valence-electron chi connectivity index (χ1n) is 6.01. The summed E-state index contributed by atoms with van der Waals surface area (Å²) in [5.41, 5.74) is -0.109. The van der Waals surface area contributed by atoms with Gasteiger partial charge in [0.05, 0.1) is 11.7 Å². The van der Waals surface area contributed by atoms with Gasteiger partial charge in [0.15, 0.2) is 0 Å². The summed E-state index contributed by atoms with van der Waals surface area (Å²) >= 11 is 5.90. The van der Waals surface area contributed by atoms with Crippen LogP contribution in [0.5, 0.6) is 0 Å². The van der Waals surface area contributed by atoms with E-state index < -0.39 is 21.4 Å². The second kappa shape index (κ2) is 6.56. The number of benzene rings is 1. The number of halogens is 1. The van der Waals surface area contributed by atoms with Gasteiger partial charge in [-0.05, 0) is 31.5 Å². The van der Waals surface area contributed by atoms with Gasteiger partial charge in [0.25, 0.3) is 0 Å². The van der Waals surface area contributed by atoms with Crippen LogP contribution in [0.25, 0.3) is 0 Å². The SMILES string of the molecule is CC(C)(C(=O)OCCNS(C)(=O)=O)c1cccc(Cl)c1. The van der Waals surface area contributed by atoms with Gasteiger partial charge >= 0.3 is 5.97 Å². The second-order valence-corrected chi connectivity index (χ2v) is 7.21. The highest BCUT2D eigenvalue weighted by molar-refractivity contribution is 7.88. The number of esters is 1. The average molecular weight is 320 g/mol. The van der Waals surface area contributed by atoms with Gasteiger partial charge in [-0.2, -0.15) is 0 Å². The molecule has 1 rings (SSSR count). The van der Waals surface area contributed by atoms with Gasteiger partial charge in [-0.1, -0.05) is 23.7 Å². The number of nitrogens with one attached hydrogen (secondary N) is 1. The quantitative estimate of drug-likeness (QED) is 0.640. The molecule has 0 radical (unpaired) electrons. The van der Waals surface area contributed by atoms with Gasteiger partial charge in [-0.15, -0.1) is 0 Å². The van der Waals surface area contributed by atoms with Crippen LogP contribution in [0.15, 0.2) is 24.3 Å². The molecule has 0 atom stereocenters. The minimum atomic E-state index is -3.27. The van der Waals surface area contributed by atoms with Crippen LogP contribution < -0.4 is 4.72 Å². The largest absolute Gasteiger partial charge is 0.464 e. The van der Waals surface area contributed by atoms with E-state index in [0.717, 1.165) is 11.8 Å². The van der Waals surface area contributed by atoms with E-state index in [2.05, 4.69) is 4.72 Å². The van der Waals surface area contributed by atoms with Gasteiger partial charge in [0, 0.05) is 11.6 Å². The van der Waals surface area contributed by atoms with Crippen LogP contribution in [-0.2, 0) is 25.0 Å². The van der Waals surface area contributed by atoms with Crippen LogP contribution in [0.2, 0.25) is 5.02 Å². The molecule has 0 unspecified atom stereocenters. The molecule has 1 N–H and O–H groups in total. The zero-order valence-electron chi connectivity index (χ0n) is 11.6. The molecule has 20 heavy (non-hydrogen) atoms. The number of rotatable bonds is 6. The molecule has 112 valence electrons. The average Bonchev–Trinajstić information content (AvgIpc) is 2.33. The van der Waals surface area contributed by atoms with E-state index in [-0.39, 0.29) is 13.2 Å². The number of carbonyl (C=O) groups is 1. The van der Waals surface area contributed by atoms with Gasteiger partial charge in [0.1, 0.15) is 6.61 Å². The van der Waals surface area contributed by atoms with Crippen LogP contribution in [0.3, 0.4) is 0 Å². The normalized spacial score (nSPS) is 12.2. The van der Waals surface area contributed by atoms with Crippen molar-refractivity contribution in [3.05, 3.63) is 34.9 Å². The molecule has 1 aromatic rings. The van der Waals surface area contributed by atoms with Crippen molar-refractivity contribution < 1.29 is 17.9 Å². The maximum atomic E-state index is 12.1. The maximum absolute atomic E-state index is 12.1. The Hall–Kier alpha value is -1.11. The molecule has 1 aromatic carbocycles. The summed E-state index contributed by atoms with van der Waals surface area (Å²) in [6.45, 7) is 3.49. The van der Waals surface area contributed by atoms with Crippen LogP contribution in [0.4, 0.5) is 0 Å². The fraction of sp³-hybridized carbons (Fsp3) is 0.462. The zero-order valence-corrected chi connectivity index (χ0v) is 13.2. The topological polar surface area (TPSA) is 72.5 Å². The summed E-state index contributed by atoms with van der Waals surface area (Å²) in [5, 5.41) is 0.544. The van der Waals surface area contributed by atoms with Crippen molar-refractivity contribution in [2.75, 3.05) is 19.4 Å². The Labute approximate surface area is 124 Å². The molecule has 0 saturated carbocycles. The van der Waals surface area contributed by atoms with Crippen molar-refractivity contribution in [1.29, 1.82) is 0 Å². The number of ether oxygens (including phenoxy) is 1. The Balaban J connectivity index is 2.62. The Kier molecular flexibility index (Phi) is 5.56. The third-order valence-electron chi connectivity index (χ3n) is 2.76. The Bertz CT molecular complexity index is 584. The second-order valence-electron chi connectivity index (χ2n) is 4.94. The fourth-order valence-electron chi connectivity index (χ4n) is 1.55. The molecule has 0 saturated heterocycles. The lowest BCUT2D eigenvalue weighted by Gasteiger charge is -2.23. The lowest BCUT2D eigenvalue weighted by atomic mass is 9.85. The molecule has 0 fully saturated rings. The van der Waals surface area contributed by atoms with E-state index >= 15 is 0 Å². The van der Waals surface area contributed by atoms with Gasteiger partial charge in [-0.25, -0.2) is 13.1 Å². The molecular weight excluding hydrogens is 302 g/mol. The molecule has 0 heterocycles. The molecule has 0 aliphatic rings. The minimum absolute atomic E-state index is 0.0180. The van der Waals surface area contributed by atoms with Gasteiger partial charge < -0.3 is 4.74 Å². The van der Waals surface area contributed by atoms with Crippen LogP contribution >= 0.6 is 11.6 Å². The lowest BCUT2D eigenvalue weighted by molar-refractivity contribution is -0.149. The van der Waals surface area contributed by atoms with Crippen molar-refractivity contribution in [3.63, 3.8) is 0 Å². The molecule has 0 bridgehead atoms. The Morgan fingerprint density at radius 3 is 2.60 bits per heavy atom. The minimum Gasteiger partial charge on any atom is -0.464 e. The van der Waals surface area contributed by atoms with E-state index in [9.17, 15) is 13.2 Å². The predicted octanol–water partition coefficient (Wildman–Crippen LogP) is 1.71. The van der Waals surface area contributed by atoms with Crippen molar-refractivity contribution in [2.45, 2.75) is 19.3 Å². The molecule has 5 nitrogen and oxygen atoms in total. The predicted molar refractivity (Wildman–Crippen MR) is 78.3 cm³/mol. The molecule has 0 spiro atoms. The maximum Gasteiger partial charge on any atom is 0.316 e. The first-order chi connectivity index (χ1) is 9.13. The van der Waals surface area contributed by atoms with Crippen molar-refractivity contribution in [2.24, 2.45) is 0 Å². The summed E-state index contributed by atoms with van der Waals surface area (Å²) in [7, 11) is -3.27. The Morgan fingerprint density at radius 1 is 1.40 bits per heavy atom. The molecular formula is C13H18ClNO4S. The first-order valence-corrected chi connectivity index (χ1v) is 8.28. The van der Waals surface area contributed by atoms with Crippen LogP contribution in [-0.4, -0.2) is 33.8 Å². The molecule has 0 aliphatic heterocycles. The number of sulfonamides is 1. The highest BCUT2D eigenvalue weighted by atomic mass is 35.5. The van der Waals surface area contributed by atoms with Crippen LogP contribution in [0, 0.1) is 0 Å². The van der Waals surface area contributed by atoms with E-state index in [1.165, 1.54) is 0 Å². The molecule has 0 amide bonds.